The van der Waals surface area contributed by atoms with Crippen LogP contribution in [0.1, 0.15) is 13.3 Å². The molecule has 5 nitrogen and oxygen atoms in total. The van der Waals surface area contributed by atoms with Crippen LogP contribution >= 0.6 is 0 Å². The fourth-order valence-corrected chi connectivity index (χ4v) is 2.53. The van der Waals surface area contributed by atoms with Gasteiger partial charge in [0.1, 0.15) is 0 Å². The number of likely N-dealkylation sites (tertiary alicyclic amines) is 1. The quantitative estimate of drug-likeness (QED) is 0.852. The number of nitrogens with zero attached hydrogens (tertiary/aromatic N) is 2. The molecule has 0 radical (unpaired) electrons. The monoisotopic (exact) mass is 250 g/mol. The van der Waals surface area contributed by atoms with Crippen molar-refractivity contribution in [2.75, 3.05) is 13.1 Å². The van der Waals surface area contributed by atoms with Gasteiger partial charge < -0.3 is 9.67 Å². The van der Waals surface area contributed by atoms with Gasteiger partial charge in [0.05, 0.1) is 5.92 Å². The van der Waals surface area contributed by atoms with Crippen molar-refractivity contribution >= 4 is 5.97 Å². The van der Waals surface area contributed by atoms with Crippen molar-refractivity contribution < 1.29 is 9.90 Å². The number of pyridine rings is 1. The number of carboxylic acids is 1. The highest BCUT2D eigenvalue weighted by Gasteiger charge is 2.35. The molecule has 0 aromatic carbocycles. The van der Waals surface area contributed by atoms with E-state index < -0.39 is 5.97 Å². The average molecular weight is 250 g/mol. The number of hydrogen-bond donors (Lipinski definition) is 1. The lowest BCUT2D eigenvalue weighted by molar-refractivity contribution is -0.142. The zero-order valence-corrected chi connectivity index (χ0v) is 10.5. The first-order valence-electron chi connectivity index (χ1n) is 6.22. The second kappa shape index (κ2) is 5.35. The van der Waals surface area contributed by atoms with Crippen molar-refractivity contribution in [2.24, 2.45) is 5.92 Å². The van der Waals surface area contributed by atoms with Crippen LogP contribution in [0.3, 0.4) is 0 Å². The predicted octanol–water partition coefficient (Wildman–Crippen LogP) is 0.643. The van der Waals surface area contributed by atoms with Gasteiger partial charge in [0, 0.05) is 31.4 Å². The van der Waals surface area contributed by atoms with E-state index in [0.29, 0.717) is 13.0 Å². The van der Waals surface area contributed by atoms with Gasteiger partial charge in [-0.15, -0.1) is 0 Å². The lowest BCUT2D eigenvalue weighted by Gasteiger charge is -2.23. The largest absolute Gasteiger partial charge is 0.481 e. The van der Waals surface area contributed by atoms with Crippen molar-refractivity contribution in [3.05, 3.63) is 34.7 Å². The number of carboxylic acid groups (broad SMARTS) is 1. The standard InChI is InChI=1S/C13H18N2O3/c1-10-11(13(17)18)5-7-14(10)8-9-15-6-3-2-4-12(15)16/h2-4,6,10-11H,5,7-9H2,1H3,(H,17,18). The maximum atomic E-state index is 11.5. The Hall–Kier alpha value is -1.62. The van der Waals surface area contributed by atoms with Crippen LogP contribution in [0.15, 0.2) is 29.2 Å². The molecule has 2 heterocycles. The van der Waals surface area contributed by atoms with E-state index >= 15 is 0 Å². The normalized spacial score (nSPS) is 24.3. The zero-order valence-electron chi connectivity index (χ0n) is 10.5. The first-order valence-corrected chi connectivity index (χ1v) is 6.22. The molecule has 1 aromatic rings. The summed E-state index contributed by atoms with van der Waals surface area (Å²) in [7, 11) is 0. The summed E-state index contributed by atoms with van der Waals surface area (Å²) in [4.78, 5) is 24.7. The minimum atomic E-state index is -0.720. The first kappa shape index (κ1) is 12.8. The highest BCUT2D eigenvalue weighted by atomic mass is 16.4. The van der Waals surface area contributed by atoms with Crippen LogP contribution in [-0.2, 0) is 11.3 Å². The molecule has 18 heavy (non-hydrogen) atoms. The molecule has 1 aromatic heterocycles. The Balaban J connectivity index is 1.94. The third-order valence-corrected chi connectivity index (χ3v) is 3.73. The zero-order chi connectivity index (χ0) is 13.1. The lowest BCUT2D eigenvalue weighted by Crippen LogP contribution is -2.36. The topological polar surface area (TPSA) is 62.5 Å². The maximum absolute atomic E-state index is 11.5. The van der Waals surface area contributed by atoms with Gasteiger partial charge >= 0.3 is 5.97 Å². The van der Waals surface area contributed by atoms with Crippen molar-refractivity contribution in [3.63, 3.8) is 0 Å². The van der Waals surface area contributed by atoms with Gasteiger partial charge in [0.15, 0.2) is 0 Å². The molecule has 1 N–H and O–H groups in total. The van der Waals surface area contributed by atoms with Crippen LogP contribution in [-0.4, -0.2) is 39.7 Å². The van der Waals surface area contributed by atoms with Crippen molar-refractivity contribution in [1.82, 2.24) is 9.47 Å². The van der Waals surface area contributed by atoms with E-state index in [1.54, 1.807) is 16.8 Å². The Labute approximate surface area is 106 Å². The second-order valence-corrected chi connectivity index (χ2v) is 4.74. The molecule has 2 unspecified atom stereocenters. The minimum Gasteiger partial charge on any atom is -0.481 e. The molecule has 1 aliphatic rings. The van der Waals surface area contributed by atoms with Crippen LogP contribution in [0, 0.1) is 5.92 Å². The van der Waals surface area contributed by atoms with Crippen molar-refractivity contribution in [2.45, 2.75) is 25.9 Å². The van der Waals surface area contributed by atoms with E-state index in [2.05, 4.69) is 4.90 Å². The fourth-order valence-electron chi connectivity index (χ4n) is 2.53. The summed E-state index contributed by atoms with van der Waals surface area (Å²) in [6.45, 7) is 4.06. The maximum Gasteiger partial charge on any atom is 0.308 e. The summed E-state index contributed by atoms with van der Waals surface area (Å²) in [5, 5.41) is 9.05. The number of hydrogen-bond acceptors (Lipinski definition) is 3. The van der Waals surface area contributed by atoms with Gasteiger partial charge in [-0.25, -0.2) is 0 Å². The third-order valence-electron chi connectivity index (χ3n) is 3.73. The van der Waals surface area contributed by atoms with Gasteiger partial charge in [-0.3, -0.25) is 14.5 Å². The van der Waals surface area contributed by atoms with E-state index in [-0.39, 0.29) is 17.5 Å². The van der Waals surface area contributed by atoms with Gasteiger partial charge in [0.2, 0.25) is 0 Å². The predicted molar refractivity (Wildman–Crippen MR) is 67.5 cm³/mol. The number of aliphatic carboxylic acids is 1. The van der Waals surface area contributed by atoms with Gasteiger partial charge in [0.25, 0.3) is 5.56 Å². The van der Waals surface area contributed by atoms with Crippen LogP contribution in [0.5, 0.6) is 0 Å². The Morgan fingerprint density at radius 2 is 2.22 bits per heavy atom. The van der Waals surface area contributed by atoms with E-state index in [1.165, 1.54) is 6.07 Å². The summed E-state index contributed by atoms with van der Waals surface area (Å²) in [5.74, 6) is -1.00. The van der Waals surface area contributed by atoms with Crippen LogP contribution in [0.4, 0.5) is 0 Å². The molecular formula is C13H18N2O3. The highest BCUT2D eigenvalue weighted by molar-refractivity contribution is 5.71. The minimum absolute atomic E-state index is 0.0147. The molecule has 0 spiro atoms. The number of aromatic nitrogens is 1. The third kappa shape index (κ3) is 2.61. The Morgan fingerprint density at radius 3 is 2.83 bits per heavy atom. The summed E-state index contributed by atoms with van der Waals surface area (Å²) >= 11 is 0. The summed E-state index contributed by atoms with van der Waals surface area (Å²) < 4.78 is 1.65. The Bertz CT molecular complexity index is 483. The van der Waals surface area contributed by atoms with Crippen LogP contribution < -0.4 is 5.56 Å². The SMILES string of the molecule is CC1C(C(=O)O)CCN1CCn1ccccc1=O. The summed E-state index contributed by atoms with van der Waals surface area (Å²) in [6.07, 6.45) is 2.46. The molecule has 5 heteroatoms. The van der Waals surface area contributed by atoms with Crippen LogP contribution in [0.2, 0.25) is 0 Å². The molecule has 2 rings (SSSR count). The van der Waals surface area contributed by atoms with Crippen molar-refractivity contribution in [1.29, 1.82) is 0 Å². The van der Waals surface area contributed by atoms with E-state index in [0.717, 1.165) is 13.1 Å². The van der Waals surface area contributed by atoms with Crippen molar-refractivity contribution in [3.8, 4) is 0 Å². The average Bonchev–Trinajstić information content (AvgIpc) is 2.70. The van der Waals surface area contributed by atoms with Gasteiger partial charge in [-0.2, -0.15) is 0 Å². The molecule has 0 saturated carbocycles. The molecule has 98 valence electrons. The molecular weight excluding hydrogens is 232 g/mol. The van der Waals surface area contributed by atoms with E-state index in [1.807, 2.05) is 13.0 Å². The van der Waals surface area contributed by atoms with Crippen LogP contribution in [0.25, 0.3) is 0 Å². The fraction of sp³-hybridized carbons (Fsp3) is 0.538. The molecule has 0 amide bonds. The first-order chi connectivity index (χ1) is 8.59. The Morgan fingerprint density at radius 1 is 1.44 bits per heavy atom. The molecule has 1 aliphatic heterocycles. The molecule has 1 saturated heterocycles. The highest BCUT2D eigenvalue weighted by Crippen LogP contribution is 2.23. The second-order valence-electron chi connectivity index (χ2n) is 4.74. The summed E-state index contributed by atoms with van der Waals surface area (Å²) in [6, 6.07) is 5.13. The van der Waals surface area contributed by atoms with E-state index in [9.17, 15) is 9.59 Å². The summed E-state index contributed by atoms with van der Waals surface area (Å²) in [5.41, 5.74) is -0.0147. The lowest BCUT2D eigenvalue weighted by atomic mass is 10.0. The van der Waals surface area contributed by atoms with E-state index in [4.69, 9.17) is 5.11 Å². The molecule has 2 atom stereocenters. The van der Waals surface area contributed by atoms with Gasteiger partial charge in [-0.05, 0) is 26.0 Å². The van der Waals surface area contributed by atoms with Gasteiger partial charge in [-0.1, -0.05) is 6.07 Å². The number of rotatable bonds is 4. The smallest absolute Gasteiger partial charge is 0.308 e. The molecule has 0 aliphatic carbocycles. The number of carbonyl (C=O) groups is 1. The molecule has 1 fully saturated rings. The Kier molecular flexibility index (Phi) is 3.81. The molecule has 0 bridgehead atoms.